The van der Waals surface area contributed by atoms with Gasteiger partial charge in [-0.2, -0.15) is 0 Å². The molecule has 68 valence electrons. The van der Waals surface area contributed by atoms with Gasteiger partial charge in [-0.3, -0.25) is 0 Å². The zero-order valence-corrected chi connectivity index (χ0v) is 10.2. The molecule has 0 nitrogen and oxygen atoms in total. The lowest BCUT2D eigenvalue weighted by atomic mass is 10.1. The van der Waals surface area contributed by atoms with Gasteiger partial charge in [0.1, 0.15) is 0 Å². The Balaban J connectivity index is 3.15. The van der Waals surface area contributed by atoms with E-state index < -0.39 is 6.69 Å². The van der Waals surface area contributed by atoms with E-state index in [1.165, 1.54) is 19.3 Å². The molecule has 0 spiro atoms. The SMILES string of the molecule is CC(C)CCCC[Si](C)(Cl)Cl. The molecule has 11 heavy (non-hydrogen) atoms. The van der Waals surface area contributed by atoms with E-state index in [1.54, 1.807) is 0 Å². The summed E-state index contributed by atoms with van der Waals surface area (Å²) in [6.07, 6.45) is 3.78. The molecule has 0 saturated carbocycles. The van der Waals surface area contributed by atoms with E-state index >= 15 is 0 Å². The van der Waals surface area contributed by atoms with Crippen LogP contribution in [0, 0.1) is 5.92 Å². The highest BCUT2D eigenvalue weighted by Crippen LogP contribution is 2.23. The Morgan fingerprint density at radius 3 is 2.09 bits per heavy atom. The van der Waals surface area contributed by atoms with Crippen LogP contribution in [-0.4, -0.2) is 6.69 Å². The third kappa shape index (κ3) is 10.8. The average molecular weight is 213 g/mol. The van der Waals surface area contributed by atoms with Gasteiger partial charge in [0, 0.05) is 0 Å². The minimum Gasteiger partial charge on any atom is -0.146 e. The van der Waals surface area contributed by atoms with Gasteiger partial charge >= 0.3 is 0 Å². The zero-order valence-electron chi connectivity index (χ0n) is 7.66. The molecule has 3 heteroatoms. The van der Waals surface area contributed by atoms with Crippen molar-refractivity contribution in [2.45, 2.75) is 45.7 Å². The molecule has 0 fully saturated rings. The van der Waals surface area contributed by atoms with Crippen LogP contribution in [0.1, 0.15) is 33.1 Å². The first kappa shape index (κ1) is 11.8. The van der Waals surface area contributed by atoms with Gasteiger partial charge in [0.25, 0.3) is 0 Å². The summed E-state index contributed by atoms with van der Waals surface area (Å²) in [7, 11) is 0. The Morgan fingerprint density at radius 2 is 1.73 bits per heavy atom. The van der Waals surface area contributed by atoms with Crippen LogP contribution in [0.2, 0.25) is 12.6 Å². The molecule has 0 amide bonds. The Kier molecular flexibility index (Phi) is 5.84. The molecule has 0 aliphatic carbocycles. The summed E-state index contributed by atoms with van der Waals surface area (Å²) < 4.78 is 0. The Morgan fingerprint density at radius 1 is 1.18 bits per heavy atom. The quantitative estimate of drug-likeness (QED) is 0.361. The van der Waals surface area contributed by atoms with Crippen LogP contribution < -0.4 is 0 Å². The molecule has 0 bridgehead atoms. The van der Waals surface area contributed by atoms with Gasteiger partial charge in [-0.25, -0.2) is 0 Å². The fraction of sp³-hybridized carbons (Fsp3) is 1.00. The Labute approximate surface area is 80.7 Å². The van der Waals surface area contributed by atoms with Crippen molar-refractivity contribution in [1.29, 1.82) is 0 Å². The maximum Gasteiger partial charge on any atom is 0.248 e. The highest BCUT2D eigenvalue weighted by atomic mass is 35.7. The van der Waals surface area contributed by atoms with E-state index in [2.05, 4.69) is 13.8 Å². The molecule has 0 saturated heterocycles. The molecule has 0 rings (SSSR count). The minimum atomic E-state index is -1.78. The van der Waals surface area contributed by atoms with E-state index in [-0.39, 0.29) is 0 Å². The second-order valence-corrected chi connectivity index (χ2v) is 11.9. The Hall–Kier alpha value is 0.797. The molecule has 0 unspecified atom stereocenters. The molecule has 0 aliphatic heterocycles. The molecular weight excluding hydrogens is 195 g/mol. The summed E-state index contributed by atoms with van der Waals surface area (Å²) in [5.74, 6) is 0.813. The first-order chi connectivity index (χ1) is 4.92. The Bertz CT molecular complexity index is 96.8. The fourth-order valence-electron chi connectivity index (χ4n) is 0.988. The number of hydrogen-bond donors (Lipinski definition) is 0. The summed E-state index contributed by atoms with van der Waals surface area (Å²) in [4.78, 5) is 0. The monoisotopic (exact) mass is 212 g/mol. The lowest BCUT2D eigenvalue weighted by molar-refractivity contribution is 0.549. The molecule has 0 heterocycles. The first-order valence-electron chi connectivity index (χ1n) is 4.29. The number of rotatable bonds is 5. The van der Waals surface area contributed by atoms with Crippen LogP contribution in [0.3, 0.4) is 0 Å². The average Bonchev–Trinajstić information content (AvgIpc) is 1.78. The van der Waals surface area contributed by atoms with Crippen LogP contribution in [0.5, 0.6) is 0 Å². The van der Waals surface area contributed by atoms with Crippen LogP contribution in [0.25, 0.3) is 0 Å². The van der Waals surface area contributed by atoms with Gasteiger partial charge in [0.05, 0.1) is 0 Å². The van der Waals surface area contributed by atoms with Crippen molar-refractivity contribution in [3.05, 3.63) is 0 Å². The fourth-order valence-corrected chi connectivity index (χ4v) is 2.66. The van der Waals surface area contributed by atoms with Crippen LogP contribution in [-0.2, 0) is 0 Å². The lowest BCUT2D eigenvalue weighted by Gasteiger charge is -2.09. The van der Waals surface area contributed by atoms with Gasteiger partial charge in [0.2, 0.25) is 6.69 Å². The largest absolute Gasteiger partial charge is 0.248 e. The standard InChI is InChI=1S/C8H18Cl2Si/c1-8(2)6-4-5-7-11(3,9)10/h8H,4-7H2,1-3H3. The van der Waals surface area contributed by atoms with E-state index in [9.17, 15) is 0 Å². The van der Waals surface area contributed by atoms with Crippen molar-refractivity contribution >= 4 is 28.9 Å². The molecule has 0 aromatic carbocycles. The van der Waals surface area contributed by atoms with Crippen molar-refractivity contribution in [2.75, 3.05) is 0 Å². The first-order valence-corrected chi connectivity index (χ1v) is 9.03. The topological polar surface area (TPSA) is 0 Å². The lowest BCUT2D eigenvalue weighted by Crippen LogP contribution is -2.11. The smallest absolute Gasteiger partial charge is 0.146 e. The van der Waals surface area contributed by atoms with Crippen molar-refractivity contribution in [1.82, 2.24) is 0 Å². The van der Waals surface area contributed by atoms with Gasteiger partial charge in [-0.05, 0) is 18.5 Å². The normalized spacial score (nSPS) is 12.5. The summed E-state index contributed by atoms with van der Waals surface area (Å²) in [5.41, 5.74) is 0. The molecule has 0 N–H and O–H groups in total. The van der Waals surface area contributed by atoms with Crippen molar-refractivity contribution in [3.63, 3.8) is 0 Å². The number of hydrogen-bond acceptors (Lipinski definition) is 0. The third-order valence-electron chi connectivity index (χ3n) is 1.65. The van der Waals surface area contributed by atoms with Crippen LogP contribution >= 0.6 is 22.2 Å². The minimum absolute atomic E-state index is 0.813. The van der Waals surface area contributed by atoms with Gasteiger partial charge in [0.15, 0.2) is 0 Å². The van der Waals surface area contributed by atoms with E-state index in [1.807, 2.05) is 6.55 Å². The third-order valence-corrected chi connectivity index (χ3v) is 4.01. The molecule has 0 aromatic heterocycles. The van der Waals surface area contributed by atoms with E-state index in [4.69, 9.17) is 22.2 Å². The van der Waals surface area contributed by atoms with Crippen LogP contribution in [0.15, 0.2) is 0 Å². The second kappa shape index (κ2) is 5.44. The van der Waals surface area contributed by atoms with Crippen molar-refractivity contribution in [3.8, 4) is 0 Å². The van der Waals surface area contributed by atoms with E-state index in [0.717, 1.165) is 12.0 Å². The van der Waals surface area contributed by atoms with E-state index in [0.29, 0.717) is 0 Å². The summed E-state index contributed by atoms with van der Waals surface area (Å²) >= 11 is 11.9. The van der Waals surface area contributed by atoms with Crippen molar-refractivity contribution < 1.29 is 0 Å². The predicted octanol–water partition coefficient (Wildman–Crippen LogP) is 4.36. The number of halogens is 2. The summed E-state index contributed by atoms with van der Waals surface area (Å²) in [6.45, 7) is 4.70. The molecule has 0 radical (unpaired) electrons. The van der Waals surface area contributed by atoms with Gasteiger partial charge in [-0.15, -0.1) is 22.2 Å². The maximum absolute atomic E-state index is 5.95. The summed E-state index contributed by atoms with van der Waals surface area (Å²) in [6, 6.07) is 1.04. The molecule has 0 atom stereocenters. The molecule has 0 aliphatic rings. The maximum atomic E-state index is 5.95. The highest BCUT2D eigenvalue weighted by molar-refractivity contribution is 7.44. The summed E-state index contributed by atoms with van der Waals surface area (Å²) in [5, 5.41) is 0. The van der Waals surface area contributed by atoms with Gasteiger partial charge < -0.3 is 0 Å². The van der Waals surface area contributed by atoms with Crippen LogP contribution in [0.4, 0.5) is 0 Å². The molecule has 0 aromatic rings. The highest BCUT2D eigenvalue weighted by Gasteiger charge is 2.19. The van der Waals surface area contributed by atoms with Gasteiger partial charge in [-0.1, -0.05) is 33.1 Å². The number of unbranched alkanes of at least 4 members (excludes halogenated alkanes) is 1. The predicted molar refractivity (Wildman–Crippen MR) is 56.8 cm³/mol. The van der Waals surface area contributed by atoms with Crippen molar-refractivity contribution in [2.24, 2.45) is 5.92 Å². The molecular formula is C8H18Cl2Si. The second-order valence-electron chi connectivity index (χ2n) is 3.71. The zero-order chi connectivity index (χ0) is 8.91.